The maximum atomic E-state index is 12.9. The van der Waals surface area contributed by atoms with Crippen LogP contribution < -0.4 is 10.1 Å². The molecule has 0 aromatic carbocycles. The van der Waals surface area contributed by atoms with Crippen LogP contribution in [0.25, 0.3) is 0 Å². The number of carbonyl (C=O) groups excluding carboxylic acids is 2. The molecule has 0 atom stereocenters. The van der Waals surface area contributed by atoms with E-state index in [1.54, 1.807) is 33.6 Å². The van der Waals surface area contributed by atoms with Gasteiger partial charge in [0.1, 0.15) is 5.51 Å². The Balaban J connectivity index is 1.24. The van der Waals surface area contributed by atoms with E-state index < -0.39 is 0 Å². The summed E-state index contributed by atoms with van der Waals surface area (Å²) in [5.74, 6) is 1.18. The minimum atomic E-state index is -0.221. The van der Waals surface area contributed by atoms with Crippen LogP contribution in [0.5, 0.6) is 5.88 Å². The van der Waals surface area contributed by atoms with E-state index in [0.717, 1.165) is 12.3 Å². The van der Waals surface area contributed by atoms with Crippen molar-refractivity contribution in [2.75, 3.05) is 38.1 Å². The van der Waals surface area contributed by atoms with Crippen LogP contribution in [-0.4, -0.2) is 69.7 Å². The normalized spacial score (nSPS) is 17.4. The first-order valence-electron chi connectivity index (χ1n) is 10.9. The Labute approximate surface area is 185 Å². The molecule has 1 saturated carbocycles. The molecule has 166 valence electrons. The van der Waals surface area contributed by atoms with Crippen LogP contribution in [0, 0.1) is 5.92 Å². The van der Waals surface area contributed by atoms with E-state index in [1.807, 2.05) is 0 Å². The predicted octanol–water partition coefficient (Wildman–Crippen LogP) is 3.27. The van der Waals surface area contributed by atoms with Crippen LogP contribution in [0.1, 0.15) is 48.9 Å². The van der Waals surface area contributed by atoms with Crippen LogP contribution in [0.15, 0.2) is 23.8 Å². The number of nitrogens with zero attached hydrogens (tertiary/aromatic N) is 5. The molecule has 2 aromatic rings. The topological polar surface area (TPSA) is 101 Å². The van der Waals surface area contributed by atoms with Crippen molar-refractivity contribution in [3.8, 4) is 5.88 Å². The fourth-order valence-corrected chi connectivity index (χ4v) is 4.56. The van der Waals surface area contributed by atoms with Gasteiger partial charge in [-0.2, -0.15) is 0 Å². The van der Waals surface area contributed by atoms with Crippen LogP contribution in [0.4, 0.5) is 9.93 Å². The molecule has 2 fully saturated rings. The molecule has 1 N–H and O–H groups in total. The average molecular weight is 445 g/mol. The number of rotatable bonds is 6. The van der Waals surface area contributed by atoms with E-state index in [1.165, 1.54) is 43.4 Å². The summed E-state index contributed by atoms with van der Waals surface area (Å²) >= 11 is 1.27. The number of pyridine rings is 1. The van der Waals surface area contributed by atoms with Crippen molar-refractivity contribution >= 4 is 28.4 Å². The second kappa shape index (κ2) is 10.5. The Morgan fingerprint density at radius 2 is 1.90 bits per heavy atom. The largest absolute Gasteiger partial charge is 0.478 e. The number of amides is 3. The van der Waals surface area contributed by atoms with Crippen molar-refractivity contribution in [2.45, 2.75) is 38.5 Å². The van der Waals surface area contributed by atoms with Crippen molar-refractivity contribution in [1.82, 2.24) is 25.0 Å². The second-order valence-corrected chi connectivity index (χ2v) is 8.81. The van der Waals surface area contributed by atoms with E-state index in [2.05, 4.69) is 20.5 Å². The number of anilines is 1. The van der Waals surface area contributed by atoms with Crippen molar-refractivity contribution in [3.63, 3.8) is 0 Å². The van der Waals surface area contributed by atoms with Gasteiger partial charge >= 0.3 is 6.03 Å². The zero-order chi connectivity index (χ0) is 21.5. The second-order valence-electron chi connectivity index (χ2n) is 7.98. The third-order valence-corrected chi connectivity index (χ3v) is 6.52. The average Bonchev–Trinajstić information content (AvgIpc) is 3.33. The van der Waals surface area contributed by atoms with E-state index >= 15 is 0 Å². The Morgan fingerprint density at radius 1 is 1.13 bits per heavy atom. The Bertz CT molecular complexity index is 864. The lowest BCUT2D eigenvalue weighted by atomic mass is 9.87. The lowest BCUT2D eigenvalue weighted by Crippen LogP contribution is -2.51. The number of urea groups is 1. The highest BCUT2D eigenvalue weighted by molar-refractivity contribution is 7.13. The van der Waals surface area contributed by atoms with Gasteiger partial charge in [-0.05, 0) is 18.4 Å². The molecule has 1 aliphatic carbocycles. The van der Waals surface area contributed by atoms with Gasteiger partial charge in [-0.15, -0.1) is 10.2 Å². The molecule has 31 heavy (non-hydrogen) atoms. The van der Waals surface area contributed by atoms with Gasteiger partial charge in [-0.25, -0.2) is 9.78 Å². The molecule has 0 bridgehead atoms. The summed E-state index contributed by atoms with van der Waals surface area (Å²) in [5.41, 5.74) is 2.13. The third kappa shape index (κ3) is 5.90. The zero-order valence-corrected chi connectivity index (χ0v) is 18.4. The molecule has 4 rings (SSSR count). The van der Waals surface area contributed by atoms with Gasteiger partial charge in [0.15, 0.2) is 0 Å². The number of ether oxygens (including phenoxy) is 1. The summed E-state index contributed by atoms with van der Waals surface area (Å²) < 4.78 is 5.83. The summed E-state index contributed by atoms with van der Waals surface area (Å²) in [7, 11) is 0. The molecular weight excluding hydrogens is 416 g/mol. The first-order valence-corrected chi connectivity index (χ1v) is 11.8. The standard InChI is InChI=1S/C21H28N6O3S/c28-19(26-9-11-27(12-10-26)21(29)24-20-25-23-15-31-20)17-6-8-22-18(14-17)30-13-7-16-4-2-1-3-5-16/h6,8,14-16H,1-5,7,9-13H2,(H,24,25,29). The summed E-state index contributed by atoms with van der Waals surface area (Å²) in [4.78, 5) is 32.9. The van der Waals surface area contributed by atoms with Crippen LogP contribution in [0.3, 0.4) is 0 Å². The first kappa shape index (κ1) is 21.5. The Kier molecular flexibility index (Phi) is 7.29. The third-order valence-electron chi connectivity index (χ3n) is 5.91. The lowest BCUT2D eigenvalue weighted by molar-refractivity contribution is 0.0671. The maximum Gasteiger partial charge on any atom is 0.323 e. The SMILES string of the molecule is O=C(Nc1nncs1)N1CCN(C(=O)c2ccnc(OCCC3CCCCC3)c2)CC1. The molecule has 10 heteroatoms. The van der Waals surface area contributed by atoms with Gasteiger partial charge in [0.05, 0.1) is 6.61 Å². The molecular formula is C21H28N6O3S. The number of hydrogen-bond donors (Lipinski definition) is 1. The van der Waals surface area contributed by atoms with Gasteiger partial charge in [-0.3, -0.25) is 10.1 Å². The van der Waals surface area contributed by atoms with Gasteiger partial charge in [0.2, 0.25) is 11.0 Å². The molecule has 9 nitrogen and oxygen atoms in total. The van der Waals surface area contributed by atoms with Gasteiger partial charge in [0.25, 0.3) is 5.91 Å². The molecule has 3 heterocycles. The van der Waals surface area contributed by atoms with Crippen molar-refractivity contribution < 1.29 is 14.3 Å². The fraction of sp³-hybridized carbons (Fsp3) is 0.571. The van der Waals surface area contributed by atoms with E-state index in [4.69, 9.17) is 4.74 Å². The van der Waals surface area contributed by atoms with Gasteiger partial charge in [-0.1, -0.05) is 43.4 Å². The Morgan fingerprint density at radius 3 is 2.65 bits per heavy atom. The van der Waals surface area contributed by atoms with Crippen LogP contribution in [-0.2, 0) is 0 Å². The lowest BCUT2D eigenvalue weighted by Gasteiger charge is -2.34. The monoisotopic (exact) mass is 444 g/mol. The van der Waals surface area contributed by atoms with E-state index in [-0.39, 0.29) is 11.9 Å². The summed E-state index contributed by atoms with van der Waals surface area (Å²) in [5, 5.41) is 10.7. The van der Waals surface area contributed by atoms with Crippen molar-refractivity contribution in [1.29, 1.82) is 0 Å². The first-order chi connectivity index (χ1) is 15.2. The highest BCUT2D eigenvalue weighted by atomic mass is 32.1. The minimum absolute atomic E-state index is 0.0660. The van der Waals surface area contributed by atoms with Gasteiger partial charge in [0, 0.05) is 44.0 Å². The van der Waals surface area contributed by atoms with Gasteiger partial charge < -0.3 is 14.5 Å². The number of nitrogens with one attached hydrogen (secondary N) is 1. The Hall–Kier alpha value is -2.75. The highest BCUT2D eigenvalue weighted by Gasteiger charge is 2.25. The molecule has 0 radical (unpaired) electrons. The number of piperazine rings is 1. The highest BCUT2D eigenvalue weighted by Crippen LogP contribution is 2.26. The molecule has 1 aliphatic heterocycles. The predicted molar refractivity (Wildman–Crippen MR) is 117 cm³/mol. The number of hydrogen-bond acceptors (Lipinski definition) is 7. The van der Waals surface area contributed by atoms with Crippen molar-refractivity contribution in [2.24, 2.45) is 5.92 Å². The molecule has 0 spiro atoms. The smallest absolute Gasteiger partial charge is 0.323 e. The van der Waals surface area contributed by atoms with E-state index in [0.29, 0.717) is 49.4 Å². The maximum absolute atomic E-state index is 12.9. The molecule has 0 unspecified atom stereocenters. The summed E-state index contributed by atoms with van der Waals surface area (Å²) in [6.45, 7) is 2.52. The fourth-order valence-electron chi connectivity index (χ4n) is 4.12. The molecule has 2 aromatic heterocycles. The quantitative estimate of drug-likeness (QED) is 0.734. The zero-order valence-electron chi connectivity index (χ0n) is 17.5. The van der Waals surface area contributed by atoms with Crippen LogP contribution in [0.2, 0.25) is 0 Å². The molecule has 1 saturated heterocycles. The summed E-state index contributed by atoms with van der Waals surface area (Å²) in [6, 6.07) is 3.21. The molecule has 3 amide bonds. The molecule has 2 aliphatic rings. The van der Waals surface area contributed by atoms with E-state index in [9.17, 15) is 9.59 Å². The van der Waals surface area contributed by atoms with Crippen LogP contribution >= 0.6 is 11.3 Å². The summed E-state index contributed by atoms with van der Waals surface area (Å²) in [6.07, 6.45) is 9.25. The number of aromatic nitrogens is 3. The minimum Gasteiger partial charge on any atom is -0.478 e. The van der Waals surface area contributed by atoms with Crippen molar-refractivity contribution in [3.05, 3.63) is 29.4 Å². The number of carbonyl (C=O) groups is 2.